The molecule has 32 heavy (non-hydrogen) atoms. The lowest BCUT2D eigenvalue weighted by atomic mass is 9.86. The summed E-state index contributed by atoms with van der Waals surface area (Å²) < 4.78 is 0.727. The van der Waals surface area contributed by atoms with Gasteiger partial charge in [-0.1, -0.05) is 45.7 Å². The summed E-state index contributed by atoms with van der Waals surface area (Å²) in [6.45, 7) is 6.08. The van der Waals surface area contributed by atoms with Gasteiger partial charge in [0, 0.05) is 20.6 Å². The first-order chi connectivity index (χ1) is 15.1. The molecule has 1 heterocycles. The molecule has 1 atom stereocenters. The quantitative estimate of drug-likeness (QED) is 0.424. The first kappa shape index (κ1) is 22.7. The summed E-state index contributed by atoms with van der Waals surface area (Å²) in [5, 5.41) is 12.2. The second-order valence-electron chi connectivity index (χ2n) is 8.39. The number of rotatable bonds is 5. The van der Waals surface area contributed by atoms with Crippen molar-refractivity contribution in [3.05, 3.63) is 97.5 Å². The Hall–Kier alpha value is -2.47. The van der Waals surface area contributed by atoms with Crippen LogP contribution < -0.4 is 4.90 Å². The minimum atomic E-state index is -1.94. The minimum absolute atomic E-state index is 0.263. The van der Waals surface area contributed by atoms with Gasteiger partial charge in [0.25, 0.3) is 5.91 Å². The highest BCUT2D eigenvalue weighted by Gasteiger charge is 2.51. The molecule has 1 aliphatic heterocycles. The van der Waals surface area contributed by atoms with E-state index >= 15 is 0 Å². The number of aryl methyl sites for hydroxylation is 3. The van der Waals surface area contributed by atoms with Crippen LogP contribution in [0.4, 0.5) is 5.69 Å². The maximum absolute atomic E-state index is 13.5. The smallest absolute Gasteiger partial charge is 0.264 e. The molecule has 4 nitrogen and oxygen atoms in total. The zero-order chi connectivity index (χ0) is 23.2. The van der Waals surface area contributed by atoms with Crippen molar-refractivity contribution in [2.75, 3.05) is 4.90 Å². The standard InChI is InChI=1S/C26H23BrClNO3/c1-15-10-17(3)21(11-16(15)2)24(30)13-26(32)22-12-19(27)6-9-23(22)29(25(26)31)14-18-4-7-20(28)8-5-18/h4-12,32H,13-14H2,1-3H3. The van der Waals surface area contributed by atoms with Crippen molar-refractivity contribution in [2.45, 2.75) is 39.3 Å². The van der Waals surface area contributed by atoms with E-state index in [1.165, 1.54) is 4.90 Å². The van der Waals surface area contributed by atoms with Gasteiger partial charge in [-0.25, -0.2) is 0 Å². The van der Waals surface area contributed by atoms with E-state index in [1.807, 2.05) is 51.1 Å². The van der Waals surface area contributed by atoms with Crippen LogP contribution in [0.25, 0.3) is 0 Å². The highest BCUT2D eigenvalue weighted by molar-refractivity contribution is 9.10. The van der Waals surface area contributed by atoms with Crippen LogP contribution in [0.1, 0.15) is 44.6 Å². The first-order valence-corrected chi connectivity index (χ1v) is 11.5. The zero-order valence-corrected chi connectivity index (χ0v) is 20.4. The van der Waals surface area contributed by atoms with Crippen molar-refractivity contribution in [1.82, 2.24) is 0 Å². The lowest BCUT2D eigenvalue weighted by Gasteiger charge is -2.23. The summed E-state index contributed by atoms with van der Waals surface area (Å²) in [4.78, 5) is 28.3. The molecule has 0 saturated carbocycles. The number of amides is 1. The third-order valence-corrected chi connectivity index (χ3v) is 6.85. The SMILES string of the molecule is Cc1cc(C)c(C(=O)CC2(O)C(=O)N(Cc3ccc(Cl)cc3)c3ccc(Br)cc32)cc1C. The minimum Gasteiger partial charge on any atom is -0.375 e. The maximum Gasteiger partial charge on any atom is 0.264 e. The molecule has 0 saturated heterocycles. The average molecular weight is 513 g/mol. The van der Waals surface area contributed by atoms with E-state index < -0.39 is 11.5 Å². The van der Waals surface area contributed by atoms with Crippen LogP contribution in [0.15, 0.2) is 59.1 Å². The van der Waals surface area contributed by atoms with Gasteiger partial charge in [-0.3, -0.25) is 9.59 Å². The van der Waals surface area contributed by atoms with E-state index in [1.54, 1.807) is 24.3 Å². The van der Waals surface area contributed by atoms with Crippen LogP contribution in [0.2, 0.25) is 5.02 Å². The Morgan fingerprint density at radius 2 is 1.66 bits per heavy atom. The van der Waals surface area contributed by atoms with Crippen molar-refractivity contribution in [1.29, 1.82) is 0 Å². The van der Waals surface area contributed by atoms with Gasteiger partial charge in [-0.2, -0.15) is 0 Å². The molecule has 0 radical (unpaired) electrons. The van der Waals surface area contributed by atoms with E-state index in [-0.39, 0.29) is 18.7 Å². The Morgan fingerprint density at radius 1 is 1.00 bits per heavy atom. The number of hydrogen-bond donors (Lipinski definition) is 1. The van der Waals surface area contributed by atoms with E-state index in [9.17, 15) is 14.7 Å². The second-order valence-corrected chi connectivity index (χ2v) is 9.74. The number of Topliss-reactive ketones (excluding diaryl/α,β-unsaturated/α-hetero) is 1. The number of aliphatic hydroxyl groups is 1. The molecule has 0 fully saturated rings. The van der Waals surface area contributed by atoms with Gasteiger partial charge in [0.15, 0.2) is 11.4 Å². The predicted molar refractivity (Wildman–Crippen MR) is 130 cm³/mol. The number of anilines is 1. The average Bonchev–Trinajstić information content (AvgIpc) is 2.93. The summed E-state index contributed by atoms with van der Waals surface area (Å²) in [6.07, 6.45) is -0.324. The largest absolute Gasteiger partial charge is 0.375 e. The Labute approximate surface area is 201 Å². The Morgan fingerprint density at radius 3 is 2.34 bits per heavy atom. The van der Waals surface area contributed by atoms with Crippen molar-refractivity contribution in [3.8, 4) is 0 Å². The van der Waals surface area contributed by atoms with Gasteiger partial charge < -0.3 is 10.0 Å². The first-order valence-electron chi connectivity index (χ1n) is 10.3. The third kappa shape index (κ3) is 4.01. The summed E-state index contributed by atoms with van der Waals surface area (Å²) in [5.74, 6) is -0.767. The molecular formula is C26H23BrClNO3. The molecule has 0 spiro atoms. The molecule has 1 aliphatic rings. The maximum atomic E-state index is 13.5. The van der Waals surface area contributed by atoms with Crippen molar-refractivity contribution in [3.63, 3.8) is 0 Å². The second kappa shape index (κ2) is 8.47. The molecule has 1 amide bonds. The lowest BCUT2D eigenvalue weighted by Crippen LogP contribution is -2.41. The highest BCUT2D eigenvalue weighted by Crippen LogP contribution is 2.45. The molecule has 1 N–H and O–H groups in total. The molecule has 0 bridgehead atoms. The number of nitrogens with zero attached hydrogens (tertiary/aromatic N) is 1. The molecule has 0 aliphatic carbocycles. The molecule has 0 aromatic heterocycles. The van der Waals surface area contributed by atoms with Gasteiger partial charge in [0.05, 0.1) is 18.7 Å². The molecule has 3 aromatic carbocycles. The number of hydrogen-bond acceptors (Lipinski definition) is 3. The van der Waals surface area contributed by atoms with Crippen LogP contribution >= 0.6 is 27.5 Å². The summed E-state index contributed by atoms with van der Waals surface area (Å²) in [5.41, 5.74) is 3.42. The van der Waals surface area contributed by atoms with Crippen LogP contribution in [-0.2, 0) is 16.9 Å². The van der Waals surface area contributed by atoms with Crippen molar-refractivity contribution in [2.24, 2.45) is 0 Å². The molecular weight excluding hydrogens is 490 g/mol. The predicted octanol–water partition coefficient (Wildman–Crippen LogP) is 6.04. The normalized spacial score (nSPS) is 17.6. The summed E-state index contributed by atoms with van der Waals surface area (Å²) in [7, 11) is 0. The monoisotopic (exact) mass is 511 g/mol. The van der Waals surface area contributed by atoms with Gasteiger partial charge in [0.1, 0.15) is 0 Å². The fourth-order valence-corrected chi connectivity index (χ4v) is 4.70. The number of carbonyl (C=O) groups is 2. The lowest BCUT2D eigenvalue weighted by molar-refractivity contribution is -0.136. The van der Waals surface area contributed by atoms with Crippen LogP contribution in [0.5, 0.6) is 0 Å². The molecule has 3 aromatic rings. The topological polar surface area (TPSA) is 57.6 Å². The molecule has 6 heteroatoms. The fourth-order valence-electron chi connectivity index (χ4n) is 4.21. The van der Waals surface area contributed by atoms with Gasteiger partial charge in [0.2, 0.25) is 0 Å². The number of carbonyl (C=O) groups excluding carboxylic acids is 2. The highest BCUT2D eigenvalue weighted by atomic mass is 79.9. The Kier molecular flexibility index (Phi) is 6.01. The van der Waals surface area contributed by atoms with Crippen molar-refractivity contribution < 1.29 is 14.7 Å². The Bertz CT molecular complexity index is 1240. The van der Waals surface area contributed by atoms with E-state index in [0.29, 0.717) is 21.8 Å². The molecule has 164 valence electrons. The van der Waals surface area contributed by atoms with Gasteiger partial charge in [-0.05, 0) is 79.4 Å². The summed E-state index contributed by atoms with van der Waals surface area (Å²) >= 11 is 9.42. The number of benzene rings is 3. The Balaban J connectivity index is 1.72. The van der Waals surface area contributed by atoms with Gasteiger partial charge >= 0.3 is 0 Å². The fraction of sp³-hybridized carbons (Fsp3) is 0.231. The van der Waals surface area contributed by atoms with Crippen LogP contribution in [0.3, 0.4) is 0 Å². The van der Waals surface area contributed by atoms with E-state index in [4.69, 9.17) is 11.6 Å². The number of fused-ring (bicyclic) bond motifs is 1. The van der Waals surface area contributed by atoms with E-state index in [0.717, 1.165) is 26.7 Å². The van der Waals surface area contributed by atoms with Crippen LogP contribution in [0, 0.1) is 20.8 Å². The number of ketones is 1. The zero-order valence-electron chi connectivity index (χ0n) is 18.1. The molecule has 1 unspecified atom stereocenters. The molecule has 4 rings (SSSR count). The third-order valence-electron chi connectivity index (χ3n) is 6.11. The van der Waals surface area contributed by atoms with Crippen molar-refractivity contribution >= 4 is 44.9 Å². The number of halogens is 2. The van der Waals surface area contributed by atoms with E-state index in [2.05, 4.69) is 15.9 Å². The summed E-state index contributed by atoms with van der Waals surface area (Å²) in [6, 6.07) is 16.3. The van der Waals surface area contributed by atoms with Crippen LogP contribution in [-0.4, -0.2) is 16.8 Å². The van der Waals surface area contributed by atoms with Gasteiger partial charge in [-0.15, -0.1) is 0 Å².